The third-order valence-electron chi connectivity index (χ3n) is 3.51. The molecule has 0 spiro atoms. The molecule has 0 aromatic rings. The molecule has 0 amide bonds. The maximum absolute atomic E-state index is 6.38. The Morgan fingerprint density at radius 3 is 2.36 bits per heavy atom. The topological polar surface area (TPSA) is 3.24 Å². The van der Waals surface area contributed by atoms with Crippen LogP contribution >= 0.6 is 23.2 Å². The third kappa shape index (κ3) is 2.20. The van der Waals surface area contributed by atoms with Crippen molar-refractivity contribution in [2.24, 2.45) is 0 Å². The van der Waals surface area contributed by atoms with Gasteiger partial charge in [0.15, 0.2) is 0 Å². The number of piperidine rings is 1. The van der Waals surface area contributed by atoms with Crippen molar-refractivity contribution in [1.29, 1.82) is 0 Å². The largest absolute Gasteiger partial charge is 0.290 e. The van der Waals surface area contributed by atoms with Crippen LogP contribution < -0.4 is 0 Å². The number of nitrogens with zero attached hydrogens (tertiary/aromatic N) is 1. The number of alkyl halides is 2. The van der Waals surface area contributed by atoms with Crippen LogP contribution in [0.5, 0.6) is 0 Å². The van der Waals surface area contributed by atoms with Crippen LogP contribution in [-0.2, 0) is 0 Å². The van der Waals surface area contributed by atoms with Gasteiger partial charge in [-0.3, -0.25) is 4.90 Å². The summed E-state index contributed by atoms with van der Waals surface area (Å²) in [5, 5.41) is 0.235. The van der Waals surface area contributed by atoms with E-state index in [2.05, 4.69) is 32.6 Å². The van der Waals surface area contributed by atoms with Crippen LogP contribution in [0.4, 0.5) is 0 Å². The zero-order chi connectivity index (χ0) is 11.0. The van der Waals surface area contributed by atoms with E-state index in [0.717, 1.165) is 19.4 Å². The lowest BCUT2D eigenvalue weighted by molar-refractivity contribution is -0.0179. The van der Waals surface area contributed by atoms with Crippen LogP contribution in [-0.4, -0.2) is 33.8 Å². The van der Waals surface area contributed by atoms with Crippen molar-refractivity contribution in [3.05, 3.63) is 0 Å². The summed E-state index contributed by atoms with van der Waals surface area (Å²) in [6.45, 7) is 9.93. The quantitative estimate of drug-likeness (QED) is 0.665. The minimum Gasteiger partial charge on any atom is -0.290 e. The van der Waals surface area contributed by atoms with Gasteiger partial charge < -0.3 is 0 Å². The van der Waals surface area contributed by atoms with Crippen LogP contribution in [0.3, 0.4) is 0 Å². The molecular formula is C11H21Cl2N. The number of rotatable bonds is 2. The van der Waals surface area contributed by atoms with Gasteiger partial charge in [0.25, 0.3) is 0 Å². The number of likely N-dealkylation sites (tertiary alicyclic amines) is 1. The molecule has 1 atom stereocenters. The van der Waals surface area contributed by atoms with E-state index in [1.54, 1.807) is 0 Å². The zero-order valence-corrected chi connectivity index (χ0v) is 11.1. The molecule has 84 valence electrons. The fraction of sp³-hybridized carbons (Fsp3) is 1.00. The molecule has 1 fully saturated rings. The lowest BCUT2D eigenvalue weighted by atomic mass is 9.79. The Morgan fingerprint density at radius 1 is 1.29 bits per heavy atom. The molecule has 0 saturated carbocycles. The van der Waals surface area contributed by atoms with Crippen LogP contribution in [0.25, 0.3) is 0 Å². The number of halogens is 2. The summed E-state index contributed by atoms with van der Waals surface area (Å²) in [5.74, 6) is 0.677. The molecule has 0 aromatic carbocycles. The Balaban J connectivity index is 2.88. The SMILES string of the molecule is CC1(C)CCC(Cl)C(C)(C)N1CCCl. The summed E-state index contributed by atoms with van der Waals surface area (Å²) in [7, 11) is 0. The Bertz CT molecular complexity index is 201. The normalized spacial score (nSPS) is 31.7. The molecular weight excluding hydrogens is 217 g/mol. The summed E-state index contributed by atoms with van der Waals surface area (Å²) in [4.78, 5) is 2.45. The molecule has 14 heavy (non-hydrogen) atoms. The van der Waals surface area contributed by atoms with Gasteiger partial charge in [0, 0.05) is 23.5 Å². The second-order valence-electron chi connectivity index (χ2n) is 5.31. The van der Waals surface area contributed by atoms with Crippen molar-refractivity contribution < 1.29 is 0 Å². The molecule has 1 unspecified atom stereocenters. The van der Waals surface area contributed by atoms with E-state index in [4.69, 9.17) is 23.2 Å². The molecule has 1 aliphatic heterocycles. The molecule has 1 nitrogen and oxygen atoms in total. The molecule has 1 saturated heterocycles. The van der Waals surface area contributed by atoms with E-state index >= 15 is 0 Å². The van der Waals surface area contributed by atoms with Gasteiger partial charge in [0.05, 0.1) is 5.38 Å². The Hall–Kier alpha value is 0.540. The molecule has 3 heteroatoms. The highest BCUT2D eigenvalue weighted by Crippen LogP contribution is 2.40. The first kappa shape index (κ1) is 12.6. The molecule has 1 rings (SSSR count). The molecule has 1 heterocycles. The van der Waals surface area contributed by atoms with Gasteiger partial charge in [-0.15, -0.1) is 23.2 Å². The monoisotopic (exact) mass is 237 g/mol. The van der Waals surface area contributed by atoms with E-state index in [1.165, 1.54) is 0 Å². The summed E-state index contributed by atoms with van der Waals surface area (Å²) >= 11 is 12.2. The average molecular weight is 238 g/mol. The minimum atomic E-state index is 0.0538. The van der Waals surface area contributed by atoms with Crippen LogP contribution in [0, 0.1) is 0 Å². The molecule has 1 aliphatic rings. The van der Waals surface area contributed by atoms with Gasteiger partial charge in [0.1, 0.15) is 0 Å². The Labute approximate surface area is 97.7 Å². The van der Waals surface area contributed by atoms with E-state index < -0.39 is 0 Å². The van der Waals surface area contributed by atoms with Gasteiger partial charge in [-0.25, -0.2) is 0 Å². The predicted octanol–water partition coefficient (Wildman–Crippen LogP) is 3.49. The maximum atomic E-state index is 6.38. The summed E-state index contributed by atoms with van der Waals surface area (Å²) in [6, 6.07) is 0. The van der Waals surface area contributed by atoms with Gasteiger partial charge in [0.2, 0.25) is 0 Å². The Kier molecular flexibility index (Phi) is 3.77. The van der Waals surface area contributed by atoms with Crippen molar-refractivity contribution >= 4 is 23.2 Å². The smallest absolute Gasteiger partial charge is 0.0515 e. The second kappa shape index (κ2) is 4.19. The molecule has 0 aromatic heterocycles. The first-order chi connectivity index (χ1) is 6.32. The number of hydrogen-bond acceptors (Lipinski definition) is 1. The summed E-state index contributed by atoms with van der Waals surface area (Å²) in [5.41, 5.74) is 0.280. The van der Waals surface area contributed by atoms with Crippen LogP contribution in [0.15, 0.2) is 0 Å². The fourth-order valence-corrected chi connectivity index (χ4v) is 2.99. The Morgan fingerprint density at radius 2 is 1.86 bits per heavy atom. The average Bonchev–Trinajstić information content (AvgIpc) is 2.07. The number of hydrogen-bond donors (Lipinski definition) is 0. The molecule has 0 bridgehead atoms. The zero-order valence-electron chi connectivity index (χ0n) is 9.61. The van der Waals surface area contributed by atoms with Crippen molar-refractivity contribution in [2.75, 3.05) is 12.4 Å². The van der Waals surface area contributed by atoms with E-state index in [9.17, 15) is 0 Å². The van der Waals surface area contributed by atoms with Gasteiger partial charge in [-0.1, -0.05) is 0 Å². The lowest BCUT2D eigenvalue weighted by Gasteiger charge is -2.55. The standard InChI is InChI=1S/C11H21Cl2N/c1-10(2)6-5-9(13)11(3,4)14(10)8-7-12/h9H,5-8H2,1-4H3. The van der Waals surface area contributed by atoms with Crippen molar-refractivity contribution in [1.82, 2.24) is 4.90 Å². The lowest BCUT2D eigenvalue weighted by Crippen LogP contribution is -2.63. The highest BCUT2D eigenvalue weighted by atomic mass is 35.5. The fourth-order valence-electron chi connectivity index (χ4n) is 2.59. The molecule has 0 aliphatic carbocycles. The van der Waals surface area contributed by atoms with Crippen molar-refractivity contribution in [3.8, 4) is 0 Å². The first-order valence-corrected chi connectivity index (χ1v) is 6.27. The van der Waals surface area contributed by atoms with Gasteiger partial charge in [-0.05, 0) is 40.5 Å². The van der Waals surface area contributed by atoms with E-state index in [1.807, 2.05) is 0 Å². The molecule has 0 radical (unpaired) electrons. The predicted molar refractivity (Wildman–Crippen MR) is 64.5 cm³/mol. The van der Waals surface area contributed by atoms with E-state index in [0.29, 0.717) is 5.88 Å². The summed E-state index contributed by atoms with van der Waals surface area (Å²) < 4.78 is 0. The second-order valence-corrected chi connectivity index (χ2v) is 6.22. The molecule has 0 N–H and O–H groups in total. The first-order valence-electron chi connectivity index (χ1n) is 5.30. The maximum Gasteiger partial charge on any atom is 0.0515 e. The van der Waals surface area contributed by atoms with Gasteiger partial charge >= 0.3 is 0 Å². The highest BCUT2D eigenvalue weighted by Gasteiger charge is 2.45. The minimum absolute atomic E-state index is 0.0538. The summed E-state index contributed by atoms with van der Waals surface area (Å²) in [6.07, 6.45) is 2.25. The highest BCUT2D eigenvalue weighted by molar-refractivity contribution is 6.21. The van der Waals surface area contributed by atoms with E-state index in [-0.39, 0.29) is 16.5 Å². The van der Waals surface area contributed by atoms with Crippen molar-refractivity contribution in [2.45, 2.75) is 57.0 Å². The third-order valence-corrected chi connectivity index (χ3v) is 4.43. The van der Waals surface area contributed by atoms with Crippen LogP contribution in [0.2, 0.25) is 0 Å². The van der Waals surface area contributed by atoms with Crippen LogP contribution in [0.1, 0.15) is 40.5 Å². The van der Waals surface area contributed by atoms with Gasteiger partial charge in [-0.2, -0.15) is 0 Å². The van der Waals surface area contributed by atoms with Crippen molar-refractivity contribution in [3.63, 3.8) is 0 Å².